The molecule has 2 aliphatic rings. The molecule has 28 heavy (non-hydrogen) atoms. The van der Waals surface area contributed by atoms with Gasteiger partial charge < -0.3 is 25.2 Å². The Morgan fingerprint density at radius 3 is 2.68 bits per heavy atom. The maximum absolute atomic E-state index is 13.3. The van der Waals surface area contributed by atoms with Crippen molar-refractivity contribution in [2.75, 3.05) is 38.0 Å². The summed E-state index contributed by atoms with van der Waals surface area (Å²) in [4.78, 5) is 41.9. The topological polar surface area (TPSA) is 91.0 Å². The molecule has 0 saturated carbocycles. The van der Waals surface area contributed by atoms with Crippen molar-refractivity contribution in [2.45, 2.75) is 5.66 Å². The number of anilines is 2. The normalized spacial score (nSPS) is 20.0. The van der Waals surface area contributed by atoms with Crippen LogP contribution in [-0.2, 0) is 15.3 Å². The number of carbonyl (C=O) groups is 3. The van der Waals surface area contributed by atoms with Crippen molar-refractivity contribution in [3.05, 3.63) is 53.6 Å². The van der Waals surface area contributed by atoms with Gasteiger partial charge in [0.25, 0.3) is 11.8 Å². The third kappa shape index (κ3) is 2.20. The van der Waals surface area contributed by atoms with Gasteiger partial charge in [-0.2, -0.15) is 0 Å². The Bertz CT molecular complexity index is 1010. The average molecular weight is 380 g/mol. The number of hydrogen-bond donors (Lipinski definition) is 2. The largest absolute Gasteiger partial charge is 0.497 e. The maximum atomic E-state index is 13.3. The van der Waals surface area contributed by atoms with E-state index in [0.29, 0.717) is 28.3 Å². The minimum atomic E-state index is -1.47. The number of fused-ring (bicyclic) bond motifs is 3. The van der Waals surface area contributed by atoms with Gasteiger partial charge in [-0.3, -0.25) is 14.4 Å². The Hall–Kier alpha value is -3.55. The van der Waals surface area contributed by atoms with Crippen LogP contribution in [0.3, 0.4) is 0 Å². The Morgan fingerprint density at radius 1 is 1.21 bits per heavy atom. The zero-order valence-corrected chi connectivity index (χ0v) is 15.8. The number of para-hydroxylation sites is 1. The van der Waals surface area contributed by atoms with E-state index in [1.54, 1.807) is 61.5 Å². The van der Waals surface area contributed by atoms with E-state index in [-0.39, 0.29) is 18.4 Å². The third-order valence-electron chi connectivity index (χ3n) is 5.35. The SMILES string of the molecule is CNC(=O)CN1c2ccccc2C(=O)N(C)[C@@]12C(=O)Nc1cc(OC)ccc12. The van der Waals surface area contributed by atoms with Crippen molar-refractivity contribution in [2.24, 2.45) is 0 Å². The predicted octanol–water partition coefficient (Wildman–Crippen LogP) is 1.14. The molecule has 0 aromatic heterocycles. The number of rotatable bonds is 3. The first-order chi connectivity index (χ1) is 13.4. The fourth-order valence-corrected chi connectivity index (χ4v) is 3.99. The van der Waals surface area contributed by atoms with E-state index in [4.69, 9.17) is 4.74 Å². The summed E-state index contributed by atoms with van der Waals surface area (Å²) in [5.74, 6) is -0.376. The summed E-state index contributed by atoms with van der Waals surface area (Å²) in [6.45, 7) is -0.0932. The molecule has 0 saturated heterocycles. The van der Waals surface area contributed by atoms with E-state index in [2.05, 4.69) is 10.6 Å². The molecule has 3 amide bonds. The van der Waals surface area contributed by atoms with Crippen LogP contribution in [0.15, 0.2) is 42.5 Å². The van der Waals surface area contributed by atoms with E-state index in [0.717, 1.165) is 0 Å². The number of hydrogen-bond acceptors (Lipinski definition) is 5. The van der Waals surface area contributed by atoms with Crippen LogP contribution >= 0.6 is 0 Å². The summed E-state index contributed by atoms with van der Waals surface area (Å²) in [6.07, 6.45) is 0. The molecule has 144 valence electrons. The van der Waals surface area contributed by atoms with Crippen molar-refractivity contribution < 1.29 is 19.1 Å². The lowest BCUT2D eigenvalue weighted by Crippen LogP contribution is -2.66. The smallest absolute Gasteiger partial charge is 0.276 e. The molecular formula is C20H20N4O4. The number of nitrogens with one attached hydrogen (secondary N) is 2. The Kier molecular flexibility index (Phi) is 3.99. The quantitative estimate of drug-likeness (QED) is 0.833. The highest BCUT2D eigenvalue weighted by molar-refractivity contribution is 6.15. The molecule has 2 aromatic rings. The van der Waals surface area contributed by atoms with Gasteiger partial charge in [0, 0.05) is 25.7 Å². The maximum Gasteiger partial charge on any atom is 0.276 e. The number of nitrogens with zero attached hydrogens (tertiary/aromatic N) is 2. The predicted molar refractivity (Wildman–Crippen MR) is 103 cm³/mol. The van der Waals surface area contributed by atoms with Crippen LogP contribution < -0.4 is 20.3 Å². The minimum absolute atomic E-state index is 0.0932. The molecule has 2 aliphatic heterocycles. The summed E-state index contributed by atoms with van der Waals surface area (Å²) in [5.41, 5.74) is 0.639. The molecule has 2 aromatic carbocycles. The molecule has 0 unspecified atom stereocenters. The minimum Gasteiger partial charge on any atom is -0.497 e. The zero-order valence-electron chi connectivity index (χ0n) is 15.8. The lowest BCUT2D eigenvalue weighted by molar-refractivity contribution is -0.126. The van der Waals surface area contributed by atoms with Crippen molar-refractivity contribution >= 4 is 29.1 Å². The van der Waals surface area contributed by atoms with Crippen LogP contribution in [0.1, 0.15) is 15.9 Å². The fourth-order valence-electron chi connectivity index (χ4n) is 3.99. The first kappa shape index (κ1) is 17.8. The lowest BCUT2D eigenvalue weighted by Gasteiger charge is -2.50. The van der Waals surface area contributed by atoms with Gasteiger partial charge in [0.15, 0.2) is 0 Å². The van der Waals surface area contributed by atoms with Gasteiger partial charge in [-0.15, -0.1) is 0 Å². The molecule has 2 heterocycles. The third-order valence-corrected chi connectivity index (χ3v) is 5.35. The van der Waals surface area contributed by atoms with Gasteiger partial charge in [-0.25, -0.2) is 0 Å². The van der Waals surface area contributed by atoms with Crippen molar-refractivity contribution in [1.29, 1.82) is 0 Å². The lowest BCUT2D eigenvalue weighted by atomic mass is 9.91. The van der Waals surface area contributed by atoms with Crippen LogP contribution in [0.25, 0.3) is 0 Å². The first-order valence-corrected chi connectivity index (χ1v) is 8.80. The molecule has 4 rings (SSSR count). The summed E-state index contributed by atoms with van der Waals surface area (Å²) < 4.78 is 5.25. The summed E-state index contributed by atoms with van der Waals surface area (Å²) >= 11 is 0. The van der Waals surface area contributed by atoms with Crippen LogP contribution in [-0.4, -0.2) is 50.4 Å². The van der Waals surface area contributed by atoms with E-state index >= 15 is 0 Å². The number of ether oxygens (including phenoxy) is 1. The van der Waals surface area contributed by atoms with E-state index in [1.165, 1.54) is 11.9 Å². The van der Waals surface area contributed by atoms with Gasteiger partial charge in [0.1, 0.15) is 5.75 Å². The second-order valence-corrected chi connectivity index (χ2v) is 6.68. The molecule has 0 bridgehead atoms. The fraction of sp³-hybridized carbons (Fsp3) is 0.250. The van der Waals surface area contributed by atoms with Gasteiger partial charge in [0.05, 0.1) is 30.6 Å². The summed E-state index contributed by atoms with van der Waals surface area (Å²) in [5, 5.41) is 5.45. The number of benzene rings is 2. The Labute approximate surface area is 162 Å². The molecule has 1 spiro atoms. The molecule has 8 nitrogen and oxygen atoms in total. The Balaban J connectivity index is 2.00. The highest BCUT2D eigenvalue weighted by Crippen LogP contribution is 2.49. The molecular weight excluding hydrogens is 360 g/mol. The number of amides is 3. The van der Waals surface area contributed by atoms with Crippen LogP contribution in [0.2, 0.25) is 0 Å². The molecule has 1 atom stereocenters. The van der Waals surface area contributed by atoms with Crippen molar-refractivity contribution in [3.8, 4) is 5.75 Å². The van der Waals surface area contributed by atoms with Gasteiger partial charge in [-0.1, -0.05) is 12.1 Å². The molecule has 2 N–H and O–H groups in total. The average Bonchev–Trinajstić information content (AvgIpc) is 3.01. The second-order valence-electron chi connectivity index (χ2n) is 6.68. The molecule has 0 radical (unpaired) electrons. The van der Waals surface area contributed by atoms with Gasteiger partial charge >= 0.3 is 0 Å². The van der Waals surface area contributed by atoms with Crippen molar-refractivity contribution in [1.82, 2.24) is 10.2 Å². The molecule has 8 heteroatoms. The number of carbonyl (C=O) groups excluding carboxylic acids is 3. The summed E-state index contributed by atoms with van der Waals surface area (Å²) in [6, 6.07) is 12.2. The standard InChI is InChI=1S/C20H20N4O4/c1-21-17(25)11-24-16-7-5-4-6-13(16)18(26)23(2)20(24)14-9-8-12(28-3)10-15(14)22-19(20)27/h4-10H,11H2,1-3H3,(H,21,25)(H,22,27)/t20-/m1/s1. The monoisotopic (exact) mass is 380 g/mol. The van der Waals surface area contributed by atoms with Crippen LogP contribution in [0.4, 0.5) is 11.4 Å². The van der Waals surface area contributed by atoms with E-state index in [1.807, 2.05) is 0 Å². The van der Waals surface area contributed by atoms with E-state index < -0.39 is 11.6 Å². The number of methoxy groups -OCH3 is 1. The highest BCUT2D eigenvalue weighted by Gasteiger charge is 2.59. The Morgan fingerprint density at radius 2 is 1.96 bits per heavy atom. The van der Waals surface area contributed by atoms with E-state index in [9.17, 15) is 14.4 Å². The van der Waals surface area contributed by atoms with Gasteiger partial charge in [-0.05, 0) is 24.3 Å². The highest BCUT2D eigenvalue weighted by atomic mass is 16.5. The zero-order chi connectivity index (χ0) is 20.1. The molecule has 0 fully saturated rings. The van der Waals surface area contributed by atoms with Crippen molar-refractivity contribution in [3.63, 3.8) is 0 Å². The van der Waals surface area contributed by atoms with Crippen LogP contribution in [0.5, 0.6) is 5.75 Å². The number of likely N-dealkylation sites (N-methyl/N-ethyl adjacent to an activating group) is 2. The first-order valence-electron chi connectivity index (χ1n) is 8.80. The van der Waals surface area contributed by atoms with Gasteiger partial charge in [0.2, 0.25) is 11.6 Å². The summed E-state index contributed by atoms with van der Waals surface area (Å²) in [7, 11) is 4.65. The van der Waals surface area contributed by atoms with Crippen LogP contribution in [0, 0.1) is 0 Å². The molecule has 0 aliphatic carbocycles. The second kappa shape index (κ2) is 6.26.